The topological polar surface area (TPSA) is 79.7 Å². The maximum absolute atomic E-state index is 12.7. The number of carbonyl (C=O) groups excluding carboxylic acids is 2. The number of nitrogens with zero attached hydrogens (tertiary/aromatic N) is 2. The largest absolute Gasteiger partial charge is 0.507 e. The van der Waals surface area contributed by atoms with Gasteiger partial charge in [-0.1, -0.05) is 23.7 Å². The van der Waals surface area contributed by atoms with E-state index in [0.29, 0.717) is 35.7 Å². The zero-order chi connectivity index (χ0) is 19.4. The van der Waals surface area contributed by atoms with Crippen LogP contribution in [0.1, 0.15) is 23.6 Å². The number of pyridine rings is 1. The molecule has 3 rings (SSSR count). The van der Waals surface area contributed by atoms with E-state index in [-0.39, 0.29) is 11.3 Å². The molecule has 1 amide bonds. The SMILES string of the molecule is COCCCN1C(=O)C(=O)/C(=C(/O)c2ccncc2)C1c1cccc(Cl)c1. The molecule has 1 aromatic carbocycles. The predicted molar refractivity (Wildman–Crippen MR) is 101 cm³/mol. The van der Waals surface area contributed by atoms with Crippen molar-refractivity contribution in [3.8, 4) is 0 Å². The number of Topliss-reactive ketones (excluding diaryl/α,β-unsaturated/α-hetero) is 1. The molecule has 1 aliphatic heterocycles. The first-order valence-electron chi connectivity index (χ1n) is 8.47. The Balaban J connectivity index is 2.12. The van der Waals surface area contributed by atoms with Crippen molar-refractivity contribution < 1.29 is 19.4 Å². The fourth-order valence-corrected chi connectivity index (χ4v) is 3.38. The number of likely N-dealkylation sites (tertiary alicyclic amines) is 1. The lowest BCUT2D eigenvalue weighted by atomic mass is 9.95. The molecule has 7 heteroatoms. The monoisotopic (exact) mass is 386 g/mol. The van der Waals surface area contributed by atoms with Gasteiger partial charge in [-0.3, -0.25) is 14.6 Å². The smallest absolute Gasteiger partial charge is 0.295 e. The molecule has 1 aliphatic rings. The molecule has 0 bridgehead atoms. The van der Waals surface area contributed by atoms with Crippen LogP contribution in [0.15, 0.2) is 54.4 Å². The number of ketones is 1. The summed E-state index contributed by atoms with van der Waals surface area (Å²) in [6.45, 7) is 0.776. The summed E-state index contributed by atoms with van der Waals surface area (Å²) in [4.78, 5) is 30.8. The lowest BCUT2D eigenvalue weighted by Gasteiger charge is -2.25. The number of aliphatic hydroxyl groups excluding tert-OH is 1. The van der Waals surface area contributed by atoms with E-state index in [1.807, 2.05) is 0 Å². The highest BCUT2D eigenvalue weighted by atomic mass is 35.5. The number of aromatic nitrogens is 1. The highest BCUT2D eigenvalue weighted by Crippen LogP contribution is 2.39. The average Bonchev–Trinajstić information content (AvgIpc) is 2.93. The Labute approximate surface area is 162 Å². The molecule has 1 atom stereocenters. The van der Waals surface area contributed by atoms with Crippen LogP contribution in [0.5, 0.6) is 0 Å². The summed E-state index contributed by atoms with van der Waals surface area (Å²) >= 11 is 6.12. The number of methoxy groups -OCH3 is 1. The molecule has 140 valence electrons. The molecule has 1 fully saturated rings. The molecule has 0 saturated carbocycles. The normalized spacial score (nSPS) is 18.9. The molecule has 0 aliphatic carbocycles. The van der Waals surface area contributed by atoms with Gasteiger partial charge in [-0.2, -0.15) is 0 Å². The number of amides is 1. The van der Waals surface area contributed by atoms with Gasteiger partial charge in [0.15, 0.2) is 0 Å². The minimum absolute atomic E-state index is 0.0471. The minimum Gasteiger partial charge on any atom is -0.507 e. The van der Waals surface area contributed by atoms with Crippen molar-refractivity contribution in [2.75, 3.05) is 20.3 Å². The summed E-state index contributed by atoms with van der Waals surface area (Å²) < 4.78 is 5.06. The van der Waals surface area contributed by atoms with E-state index >= 15 is 0 Å². The zero-order valence-electron chi connectivity index (χ0n) is 14.8. The van der Waals surface area contributed by atoms with Gasteiger partial charge >= 0.3 is 0 Å². The zero-order valence-corrected chi connectivity index (χ0v) is 15.5. The van der Waals surface area contributed by atoms with Gasteiger partial charge in [0.25, 0.3) is 11.7 Å². The number of aliphatic hydroxyl groups is 1. The second-order valence-electron chi connectivity index (χ2n) is 6.13. The standard InChI is InChI=1S/C20H19ClN2O4/c1-27-11-3-10-23-17(14-4-2-5-15(21)12-14)16(19(25)20(23)26)18(24)13-6-8-22-9-7-13/h2,4-9,12,17,24H,3,10-11H2,1H3/b18-16+. The van der Waals surface area contributed by atoms with Crippen molar-refractivity contribution in [3.05, 3.63) is 70.5 Å². The van der Waals surface area contributed by atoms with Gasteiger partial charge in [0.2, 0.25) is 0 Å². The summed E-state index contributed by atoms with van der Waals surface area (Å²) in [7, 11) is 1.58. The summed E-state index contributed by atoms with van der Waals surface area (Å²) in [6.07, 6.45) is 3.59. The quantitative estimate of drug-likeness (QED) is 0.357. The maximum atomic E-state index is 12.7. The third kappa shape index (κ3) is 3.86. The minimum atomic E-state index is -0.716. The fourth-order valence-electron chi connectivity index (χ4n) is 3.18. The summed E-state index contributed by atoms with van der Waals surface area (Å²) in [6, 6.07) is 9.40. The van der Waals surface area contributed by atoms with Gasteiger partial charge in [0.05, 0.1) is 11.6 Å². The number of benzene rings is 1. The van der Waals surface area contributed by atoms with Crippen LogP contribution < -0.4 is 0 Å². The van der Waals surface area contributed by atoms with Crippen molar-refractivity contribution in [2.24, 2.45) is 0 Å². The number of hydrogen-bond acceptors (Lipinski definition) is 5. The maximum Gasteiger partial charge on any atom is 0.295 e. The van der Waals surface area contributed by atoms with Gasteiger partial charge in [-0.25, -0.2) is 0 Å². The van der Waals surface area contributed by atoms with Crippen LogP contribution in [0.3, 0.4) is 0 Å². The highest BCUT2D eigenvalue weighted by molar-refractivity contribution is 6.46. The number of ether oxygens (including phenoxy) is 1. The highest BCUT2D eigenvalue weighted by Gasteiger charge is 2.45. The molecule has 0 radical (unpaired) electrons. The second kappa shape index (κ2) is 8.33. The van der Waals surface area contributed by atoms with Crippen molar-refractivity contribution in [3.63, 3.8) is 0 Å². The van der Waals surface area contributed by atoms with Crippen LogP contribution in [-0.4, -0.2) is 46.9 Å². The Hall–Kier alpha value is -2.70. The van der Waals surface area contributed by atoms with Crippen molar-refractivity contribution in [1.29, 1.82) is 0 Å². The van der Waals surface area contributed by atoms with Crippen LogP contribution in [-0.2, 0) is 14.3 Å². The fraction of sp³-hybridized carbons (Fsp3) is 0.250. The number of carbonyl (C=O) groups is 2. The third-order valence-corrected chi connectivity index (χ3v) is 4.64. The van der Waals surface area contributed by atoms with E-state index in [1.165, 1.54) is 17.3 Å². The first-order chi connectivity index (χ1) is 13.0. The lowest BCUT2D eigenvalue weighted by molar-refractivity contribution is -0.140. The van der Waals surface area contributed by atoms with Gasteiger partial charge in [0.1, 0.15) is 5.76 Å². The van der Waals surface area contributed by atoms with E-state index in [0.717, 1.165) is 0 Å². The summed E-state index contributed by atoms with van der Waals surface area (Å²) in [5.74, 6) is -1.59. The molecular formula is C20H19ClN2O4. The van der Waals surface area contributed by atoms with E-state index in [1.54, 1.807) is 43.5 Å². The van der Waals surface area contributed by atoms with Crippen LogP contribution in [0.4, 0.5) is 0 Å². The predicted octanol–water partition coefficient (Wildman–Crippen LogP) is 3.19. The number of rotatable bonds is 6. The third-order valence-electron chi connectivity index (χ3n) is 4.41. The Morgan fingerprint density at radius 1 is 1.26 bits per heavy atom. The van der Waals surface area contributed by atoms with Crippen LogP contribution in [0, 0.1) is 0 Å². The Bertz CT molecular complexity index is 883. The Morgan fingerprint density at radius 3 is 2.67 bits per heavy atom. The van der Waals surface area contributed by atoms with Gasteiger partial charge in [0, 0.05) is 43.2 Å². The molecule has 2 aromatic rings. The Kier molecular flexibility index (Phi) is 5.88. The van der Waals surface area contributed by atoms with E-state index in [4.69, 9.17) is 16.3 Å². The number of halogens is 1. The van der Waals surface area contributed by atoms with Crippen molar-refractivity contribution >= 4 is 29.1 Å². The van der Waals surface area contributed by atoms with Gasteiger partial charge < -0.3 is 14.7 Å². The number of hydrogen-bond donors (Lipinski definition) is 1. The molecule has 6 nitrogen and oxygen atoms in total. The molecule has 1 saturated heterocycles. The first kappa shape index (κ1) is 19.1. The lowest BCUT2D eigenvalue weighted by Crippen LogP contribution is -2.31. The Morgan fingerprint density at radius 2 is 2.00 bits per heavy atom. The van der Waals surface area contributed by atoms with Crippen LogP contribution in [0.25, 0.3) is 5.76 Å². The first-order valence-corrected chi connectivity index (χ1v) is 8.85. The average molecular weight is 387 g/mol. The second-order valence-corrected chi connectivity index (χ2v) is 6.57. The molecule has 1 N–H and O–H groups in total. The van der Waals surface area contributed by atoms with Crippen molar-refractivity contribution in [2.45, 2.75) is 12.5 Å². The summed E-state index contributed by atoms with van der Waals surface area (Å²) in [5, 5.41) is 11.3. The molecule has 2 heterocycles. The molecule has 1 unspecified atom stereocenters. The van der Waals surface area contributed by atoms with Gasteiger partial charge in [-0.05, 0) is 36.2 Å². The van der Waals surface area contributed by atoms with E-state index in [2.05, 4.69) is 4.98 Å². The molecule has 0 spiro atoms. The molecule has 1 aromatic heterocycles. The van der Waals surface area contributed by atoms with Crippen molar-refractivity contribution in [1.82, 2.24) is 9.88 Å². The van der Waals surface area contributed by atoms with Crippen LogP contribution in [0.2, 0.25) is 5.02 Å². The van der Waals surface area contributed by atoms with Gasteiger partial charge in [-0.15, -0.1) is 0 Å². The van der Waals surface area contributed by atoms with E-state index in [9.17, 15) is 14.7 Å². The van der Waals surface area contributed by atoms with E-state index < -0.39 is 17.7 Å². The van der Waals surface area contributed by atoms with Crippen LogP contribution >= 0.6 is 11.6 Å². The summed E-state index contributed by atoms with van der Waals surface area (Å²) in [5.41, 5.74) is 1.13. The molecule has 27 heavy (non-hydrogen) atoms. The molecular weight excluding hydrogens is 368 g/mol.